The molecule has 8 heteroatoms. The Labute approximate surface area is 201 Å². The monoisotopic (exact) mass is 473 g/mol. The van der Waals surface area contributed by atoms with Gasteiger partial charge in [0.1, 0.15) is 11.5 Å². The summed E-state index contributed by atoms with van der Waals surface area (Å²) in [6.45, 7) is 0. The van der Waals surface area contributed by atoms with E-state index in [1.165, 1.54) is 24.2 Å². The van der Waals surface area contributed by atoms with Gasteiger partial charge in [-0.2, -0.15) is 0 Å². The lowest BCUT2D eigenvalue weighted by Crippen LogP contribution is -2.40. The highest BCUT2D eigenvalue weighted by atomic mass is 32.2. The van der Waals surface area contributed by atoms with Crippen LogP contribution in [0.3, 0.4) is 0 Å². The van der Waals surface area contributed by atoms with Crippen LogP contribution in [0.5, 0.6) is 0 Å². The molecule has 172 valence electrons. The number of carbonyl (C=O) groups excluding carboxylic acids is 1. The van der Waals surface area contributed by atoms with Crippen molar-refractivity contribution in [2.24, 2.45) is 4.99 Å². The molecule has 2 aliphatic rings. The van der Waals surface area contributed by atoms with Gasteiger partial charge in [0.25, 0.3) is 11.6 Å². The van der Waals surface area contributed by atoms with E-state index in [4.69, 9.17) is 9.41 Å². The molecule has 2 fully saturated rings. The number of aliphatic imine (C=N–C) groups is 1. The maximum atomic E-state index is 13.5. The predicted molar refractivity (Wildman–Crippen MR) is 134 cm³/mol. The first-order valence-electron chi connectivity index (χ1n) is 11.3. The van der Waals surface area contributed by atoms with Crippen LogP contribution in [0.25, 0.3) is 17.4 Å². The second kappa shape index (κ2) is 9.69. The summed E-state index contributed by atoms with van der Waals surface area (Å²) in [4.78, 5) is 31.6. The van der Waals surface area contributed by atoms with E-state index in [0.717, 1.165) is 31.4 Å². The minimum absolute atomic E-state index is 0.0249. The highest BCUT2D eigenvalue weighted by Gasteiger charge is 2.38. The Bertz CT molecular complexity index is 1280. The molecule has 0 spiro atoms. The number of para-hydroxylation sites is 2. The third-order valence-electron chi connectivity index (χ3n) is 6.02. The Balaban J connectivity index is 1.47. The van der Waals surface area contributed by atoms with Gasteiger partial charge in [0, 0.05) is 18.2 Å². The summed E-state index contributed by atoms with van der Waals surface area (Å²) in [5.41, 5.74) is 1.18. The van der Waals surface area contributed by atoms with Crippen LogP contribution in [0, 0.1) is 10.1 Å². The van der Waals surface area contributed by atoms with E-state index in [1.807, 2.05) is 35.2 Å². The molecule has 1 amide bonds. The molecular formula is C26H23N3O4S. The number of hydrogen-bond acceptors (Lipinski definition) is 6. The summed E-state index contributed by atoms with van der Waals surface area (Å²) in [6, 6.07) is 19.6. The van der Waals surface area contributed by atoms with Crippen LogP contribution in [0.4, 0.5) is 11.4 Å². The van der Waals surface area contributed by atoms with Crippen molar-refractivity contribution >= 4 is 40.3 Å². The highest BCUT2D eigenvalue weighted by molar-refractivity contribution is 8.18. The number of benzene rings is 2. The highest BCUT2D eigenvalue weighted by Crippen LogP contribution is 2.39. The number of thioether (sulfide) groups is 1. The summed E-state index contributed by atoms with van der Waals surface area (Å²) < 4.78 is 5.90. The van der Waals surface area contributed by atoms with E-state index in [9.17, 15) is 14.9 Å². The molecule has 0 radical (unpaired) electrons. The largest absolute Gasteiger partial charge is 0.456 e. The third kappa shape index (κ3) is 4.54. The van der Waals surface area contributed by atoms with E-state index in [-0.39, 0.29) is 17.6 Å². The Hall–Kier alpha value is -3.65. The topological polar surface area (TPSA) is 88.9 Å². The normalized spacial score (nSPS) is 19.3. The van der Waals surface area contributed by atoms with Gasteiger partial charge >= 0.3 is 0 Å². The number of rotatable bonds is 5. The number of amidine groups is 1. The number of nitrogens with zero attached hydrogens (tertiary/aromatic N) is 3. The first-order chi connectivity index (χ1) is 16.6. The second-order valence-corrected chi connectivity index (χ2v) is 9.29. The number of amides is 1. The van der Waals surface area contributed by atoms with Crippen LogP contribution in [-0.4, -0.2) is 26.9 Å². The molecule has 1 aliphatic heterocycles. The molecule has 5 rings (SSSR count). The van der Waals surface area contributed by atoms with Gasteiger partial charge in [0.05, 0.1) is 21.1 Å². The Morgan fingerprint density at radius 2 is 1.74 bits per heavy atom. The minimum Gasteiger partial charge on any atom is -0.456 e. The standard InChI is InChI=1S/C26H23N3O4S/c30-25-24(17-20-15-16-23(33-20)21-13-7-8-14-22(21)29(31)32)34-26(27-18-9-3-1-4-10-18)28(25)19-11-5-2-6-12-19/h1,3-4,7-10,13-17,19H,2,5-6,11-12H2/b24-17-,27-26?. The molecule has 7 nitrogen and oxygen atoms in total. The quantitative estimate of drug-likeness (QED) is 0.231. The molecule has 3 aromatic rings. The van der Waals surface area contributed by atoms with Gasteiger partial charge in [0.2, 0.25) is 0 Å². The molecule has 1 aromatic heterocycles. The van der Waals surface area contributed by atoms with Gasteiger partial charge in [-0.1, -0.05) is 49.6 Å². The first kappa shape index (κ1) is 22.2. The number of nitro groups is 1. The summed E-state index contributed by atoms with van der Waals surface area (Å²) in [7, 11) is 0. The van der Waals surface area contributed by atoms with Crippen molar-refractivity contribution in [3.63, 3.8) is 0 Å². The summed E-state index contributed by atoms with van der Waals surface area (Å²) >= 11 is 1.34. The van der Waals surface area contributed by atoms with Crippen LogP contribution in [0.15, 0.2) is 81.0 Å². The zero-order valence-electron chi connectivity index (χ0n) is 18.4. The predicted octanol–water partition coefficient (Wildman–Crippen LogP) is 6.79. The molecule has 2 aromatic carbocycles. The van der Waals surface area contributed by atoms with Gasteiger partial charge in [-0.25, -0.2) is 4.99 Å². The molecule has 34 heavy (non-hydrogen) atoms. The molecule has 2 heterocycles. The van der Waals surface area contributed by atoms with Crippen LogP contribution in [-0.2, 0) is 4.79 Å². The first-order valence-corrected chi connectivity index (χ1v) is 12.1. The van der Waals surface area contributed by atoms with Gasteiger partial charge in [-0.05, 0) is 54.9 Å². The number of nitro benzene ring substituents is 1. The van der Waals surface area contributed by atoms with Crippen molar-refractivity contribution in [3.05, 3.63) is 87.5 Å². The third-order valence-corrected chi connectivity index (χ3v) is 7.01. The molecular weight excluding hydrogens is 450 g/mol. The van der Waals surface area contributed by atoms with Crippen molar-refractivity contribution in [1.29, 1.82) is 0 Å². The summed E-state index contributed by atoms with van der Waals surface area (Å²) in [6.07, 6.45) is 7.04. The Kier molecular flexibility index (Phi) is 6.31. The SMILES string of the molecule is O=C1/C(=C/c2ccc(-c3ccccc3[N+](=O)[O-])o2)SC(=Nc2ccccc2)N1C1CCCCC1. The van der Waals surface area contributed by atoms with E-state index in [1.54, 1.807) is 36.4 Å². The van der Waals surface area contributed by atoms with Crippen molar-refractivity contribution < 1.29 is 14.1 Å². The average Bonchev–Trinajstić information content (AvgIpc) is 3.45. The number of carbonyl (C=O) groups is 1. The molecule has 0 bridgehead atoms. The minimum atomic E-state index is -0.430. The maximum Gasteiger partial charge on any atom is 0.280 e. The van der Waals surface area contributed by atoms with E-state index < -0.39 is 4.92 Å². The Morgan fingerprint density at radius 3 is 2.50 bits per heavy atom. The molecule has 1 saturated carbocycles. The maximum absolute atomic E-state index is 13.5. The van der Waals surface area contributed by atoms with Gasteiger partial charge in [-0.3, -0.25) is 19.8 Å². The number of furan rings is 1. The second-order valence-electron chi connectivity index (χ2n) is 8.28. The van der Waals surface area contributed by atoms with E-state index in [0.29, 0.717) is 27.2 Å². The van der Waals surface area contributed by atoms with Crippen molar-refractivity contribution in [2.45, 2.75) is 38.1 Å². The molecule has 0 atom stereocenters. The fraction of sp³-hybridized carbons (Fsp3) is 0.231. The van der Waals surface area contributed by atoms with Gasteiger partial charge in [-0.15, -0.1) is 0 Å². The zero-order valence-corrected chi connectivity index (χ0v) is 19.2. The van der Waals surface area contributed by atoms with Crippen LogP contribution in [0.1, 0.15) is 37.9 Å². The van der Waals surface area contributed by atoms with Gasteiger partial charge < -0.3 is 4.42 Å². The fourth-order valence-corrected chi connectivity index (χ4v) is 5.42. The summed E-state index contributed by atoms with van der Waals surface area (Å²) in [5, 5.41) is 12.1. The molecule has 0 unspecified atom stereocenters. The average molecular weight is 474 g/mol. The fourth-order valence-electron chi connectivity index (χ4n) is 4.38. The molecule has 1 aliphatic carbocycles. The van der Waals surface area contributed by atoms with Crippen LogP contribution >= 0.6 is 11.8 Å². The zero-order chi connectivity index (χ0) is 23.5. The lowest BCUT2D eigenvalue weighted by Gasteiger charge is -2.30. The van der Waals surface area contributed by atoms with Crippen molar-refractivity contribution in [2.75, 3.05) is 0 Å². The van der Waals surface area contributed by atoms with Crippen molar-refractivity contribution in [1.82, 2.24) is 4.90 Å². The Morgan fingerprint density at radius 1 is 1.00 bits per heavy atom. The lowest BCUT2D eigenvalue weighted by molar-refractivity contribution is -0.384. The molecule has 1 saturated heterocycles. The van der Waals surface area contributed by atoms with Crippen molar-refractivity contribution in [3.8, 4) is 11.3 Å². The van der Waals surface area contributed by atoms with Crippen LogP contribution in [0.2, 0.25) is 0 Å². The smallest absolute Gasteiger partial charge is 0.280 e. The van der Waals surface area contributed by atoms with Crippen LogP contribution < -0.4 is 0 Å². The van der Waals surface area contributed by atoms with Gasteiger partial charge in [0.15, 0.2) is 5.17 Å². The lowest BCUT2D eigenvalue weighted by atomic mass is 9.94. The number of hydrogen-bond donors (Lipinski definition) is 0. The summed E-state index contributed by atoms with van der Waals surface area (Å²) in [5.74, 6) is 0.778. The van der Waals surface area contributed by atoms with E-state index >= 15 is 0 Å². The molecule has 0 N–H and O–H groups in total. The van der Waals surface area contributed by atoms with E-state index in [2.05, 4.69) is 0 Å².